The Kier molecular flexibility index (Phi) is 6.79. The molecule has 3 aromatic rings. The maximum Gasteiger partial charge on any atom is 0.341 e. The van der Waals surface area contributed by atoms with Gasteiger partial charge in [-0.15, -0.1) is 11.3 Å². The van der Waals surface area contributed by atoms with Gasteiger partial charge in [0.2, 0.25) is 0 Å². The van der Waals surface area contributed by atoms with Crippen LogP contribution >= 0.6 is 11.3 Å². The molecule has 1 aromatic heterocycles. The van der Waals surface area contributed by atoms with Crippen molar-refractivity contribution in [3.8, 4) is 22.3 Å². The molecule has 0 unspecified atom stereocenters. The van der Waals surface area contributed by atoms with Crippen LogP contribution in [0.5, 0.6) is 0 Å². The predicted molar refractivity (Wildman–Crippen MR) is 125 cm³/mol. The highest BCUT2D eigenvalue weighted by molar-refractivity contribution is 7.15. The maximum absolute atomic E-state index is 12.8. The second kappa shape index (κ2) is 9.90. The highest BCUT2D eigenvalue weighted by Gasteiger charge is 2.25. The van der Waals surface area contributed by atoms with Crippen molar-refractivity contribution in [2.24, 2.45) is 0 Å². The SMILES string of the molecule is CCOC(=O)c1c(-c2ccc(-c3ccccc3)cc2)csc1NC(=O)C[NH+]1CCCC1. The third-order valence-electron chi connectivity index (χ3n) is 5.55. The van der Waals surface area contributed by atoms with Crippen LogP contribution in [0.4, 0.5) is 5.00 Å². The van der Waals surface area contributed by atoms with Crippen LogP contribution in [-0.2, 0) is 9.53 Å². The number of benzene rings is 2. The van der Waals surface area contributed by atoms with Crippen LogP contribution in [0.25, 0.3) is 22.3 Å². The molecule has 160 valence electrons. The highest BCUT2D eigenvalue weighted by Crippen LogP contribution is 2.37. The standard InChI is InChI=1S/C25H26N2O3S/c1-2-30-25(29)23-21(17-31-24(23)26-22(28)16-27-14-6-7-15-27)20-12-10-19(11-13-20)18-8-4-3-5-9-18/h3-5,8-13,17H,2,6-7,14-16H2,1H3,(H,26,28)/p+1. The van der Waals surface area contributed by atoms with E-state index in [1.54, 1.807) is 6.92 Å². The fourth-order valence-corrected chi connectivity index (χ4v) is 4.96. The number of rotatable bonds is 7. The lowest BCUT2D eigenvalue weighted by atomic mass is 9.99. The van der Waals surface area contributed by atoms with Gasteiger partial charge in [-0.2, -0.15) is 0 Å². The molecule has 6 heteroatoms. The number of amides is 1. The molecule has 1 amide bonds. The molecule has 2 N–H and O–H groups in total. The summed E-state index contributed by atoms with van der Waals surface area (Å²) in [6.45, 7) is 4.56. The van der Waals surface area contributed by atoms with E-state index in [1.165, 1.54) is 29.1 Å². The van der Waals surface area contributed by atoms with Crippen LogP contribution in [0.15, 0.2) is 60.0 Å². The fourth-order valence-electron chi connectivity index (χ4n) is 3.99. The number of nitrogens with one attached hydrogen (secondary N) is 2. The summed E-state index contributed by atoms with van der Waals surface area (Å²) in [7, 11) is 0. The average Bonchev–Trinajstić information content (AvgIpc) is 3.44. The second-order valence-electron chi connectivity index (χ2n) is 7.70. The summed E-state index contributed by atoms with van der Waals surface area (Å²) < 4.78 is 5.31. The Labute approximate surface area is 186 Å². The minimum Gasteiger partial charge on any atom is -0.462 e. The van der Waals surface area contributed by atoms with Crippen molar-refractivity contribution >= 4 is 28.2 Å². The minimum absolute atomic E-state index is 0.0599. The van der Waals surface area contributed by atoms with E-state index in [-0.39, 0.29) is 12.5 Å². The zero-order valence-electron chi connectivity index (χ0n) is 17.6. The Morgan fingerprint density at radius 3 is 2.29 bits per heavy atom. The van der Waals surface area contributed by atoms with E-state index in [0.717, 1.165) is 35.3 Å². The van der Waals surface area contributed by atoms with Crippen LogP contribution in [-0.4, -0.2) is 38.1 Å². The minimum atomic E-state index is -0.408. The largest absolute Gasteiger partial charge is 0.462 e. The van der Waals surface area contributed by atoms with Crippen molar-refractivity contribution in [3.63, 3.8) is 0 Å². The van der Waals surface area contributed by atoms with Crippen molar-refractivity contribution in [1.29, 1.82) is 0 Å². The molecule has 1 aliphatic rings. The Bertz CT molecular complexity index is 1040. The molecule has 0 atom stereocenters. The molecule has 0 bridgehead atoms. The van der Waals surface area contributed by atoms with Crippen LogP contribution in [0.1, 0.15) is 30.1 Å². The molecule has 2 aromatic carbocycles. The molecule has 1 fully saturated rings. The number of esters is 1. The lowest BCUT2D eigenvalue weighted by Crippen LogP contribution is -3.11. The quantitative estimate of drug-likeness (QED) is 0.554. The molecule has 0 saturated carbocycles. The molecule has 1 saturated heterocycles. The molecule has 0 spiro atoms. The summed E-state index contributed by atoms with van der Waals surface area (Å²) in [5.41, 5.74) is 4.39. The van der Waals surface area contributed by atoms with E-state index in [4.69, 9.17) is 4.74 Å². The normalized spacial score (nSPS) is 13.8. The highest BCUT2D eigenvalue weighted by atomic mass is 32.1. The Morgan fingerprint density at radius 2 is 1.61 bits per heavy atom. The molecule has 2 heterocycles. The van der Waals surface area contributed by atoms with E-state index in [0.29, 0.717) is 17.1 Å². The number of anilines is 1. The zero-order valence-corrected chi connectivity index (χ0v) is 18.5. The monoisotopic (exact) mass is 435 g/mol. The number of carbonyl (C=O) groups is 2. The summed E-state index contributed by atoms with van der Waals surface area (Å²) in [6.07, 6.45) is 2.33. The Morgan fingerprint density at radius 1 is 0.968 bits per heavy atom. The summed E-state index contributed by atoms with van der Waals surface area (Å²) in [5, 5.41) is 5.44. The molecule has 1 aliphatic heterocycles. The first-order chi connectivity index (χ1) is 15.2. The van der Waals surface area contributed by atoms with Crippen molar-refractivity contribution in [1.82, 2.24) is 0 Å². The van der Waals surface area contributed by atoms with E-state index in [2.05, 4.69) is 17.4 Å². The number of hydrogen-bond donors (Lipinski definition) is 2. The van der Waals surface area contributed by atoms with Gasteiger partial charge >= 0.3 is 5.97 Å². The van der Waals surface area contributed by atoms with Gasteiger partial charge in [0.05, 0.1) is 19.7 Å². The van der Waals surface area contributed by atoms with Gasteiger partial charge in [-0.05, 0) is 23.6 Å². The number of likely N-dealkylation sites (tertiary alicyclic amines) is 1. The fraction of sp³-hybridized carbons (Fsp3) is 0.280. The second-order valence-corrected chi connectivity index (χ2v) is 8.58. The van der Waals surface area contributed by atoms with Gasteiger partial charge in [-0.3, -0.25) is 4.79 Å². The van der Waals surface area contributed by atoms with Crippen molar-refractivity contribution < 1.29 is 19.2 Å². The Hall–Kier alpha value is -2.96. The summed E-state index contributed by atoms with van der Waals surface area (Å²) in [5.74, 6) is -0.468. The molecule has 4 rings (SSSR count). The van der Waals surface area contributed by atoms with Crippen molar-refractivity contribution in [3.05, 3.63) is 65.5 Å². The lowest BCUT2D eigenvalue weighted by Gasteiger charge is -2.12. The smallest absolute Gasteiger partial charge is 0.341 e. The number of thiophene rings is 1. The number of quaternary nitrogens is 1. The molecule has 5 nitrogen and oxygen atoms in total. The topological polar surface area (TPSA) is 59.8 Å². The van der Waals surface area contributed by atoms with Gasteiger partial charge in [-0.1, -0.05) is 54.6 Å². The molecular formula is C25H27N2O3S+. The van der Waals surface area contributed by atoms with Crippen molar-refractivity contribution in [2.75, 3.05) is 31.6 Å². The van der Waals surface area contributed by atoms with Gasteiger partial charge in [0.25, 0.3) is 5.91 Å². The molecule has 0 radical (unpaired) electrons. The van der Waals surface area contributed by atoms with Crippen molar-refractivity contribution in [2.45, 2.75) is 19.8 Å². The van der Waals surface area contributed by atoms with Gasteiger partial charge < -0.3 is 15.0 Å². The molecule has 0 aliphatic carbocycles. The predicted octanol–water partition coefficient (Wildman–Crippen LogP) is 3.88. The summed E-state index contributed by atoms with van der Waals surface area (Å²) >= 11 is 1.37. The first kappa shape index (κ1) is 21.3. The van der Waals surface area contributed by atoms with Gasteiger partial charge in [0.15, 0.2) is 6.54 Å². The van der Waals surface area contributed by atoms with Gasteiger partial charge in [-0.25, -0.2) is 4.79 Å². The van der Waals surface area contributed by atoms with Gasteiger partial charge in [0.1, 0.15) is 10.6 Å². The van der Waals surface area contributed by atoms with E-state index in [9.17, 15) is 9.59 Å². The van der Waals surface area contributed by atoms with Crippen LogP contribution < -0.4 is 10.2 Å². The average molecular weight is 436 g/mol. The molecule has 31 heavy (non-hydrogen) atoms. The van der Waals surface area contributed by atoms with E-state index >= 15 is 0 Å². The molecular weight excluding hydrogens is 408 g/mol. The summed E-state index contributed by atoms with van der Waals surface area (Å²) in [6, 6.07) is 18.3. The number of ether oxygens (including phenoxy) is 1. The lowest BCUT2D eigenvalue weighted by molar-refractivity contribution is -0.878. The van der Waals surface area contributed by atoms with Crippen LogP contribution in [0, 0.1) is 0 Å². The van der Waals surface area contributed by atoms with Gasteiger partial charge in [0, 0.05) is 23.8 Å². The third-order valence-corrected chi connectivity index (χ3v) is 6.44. The van der Waals surface area contributed by atoms with E-state index < -0.39 is 5.97 Å². The number of carbonyl (C=O) groups excluding carboxylic acids is 2. The summed E-state index contributed by atoms with van der Waals surface area (Å²) in [4.78, 5) is 26.6. The maximum atomic E-state index is 12.8. The van der Waals surface area contributed by atoms with Crippen LogP contribution in [0.3, 0.4) is 0 Å². The first-order valence-electron chi connectivity index (χ1n) is 10.7. The Balaban J connectivity index is 1.59. The third kappa shape index (κ3) is 5.03. The first-order valence-corrected chi connectivity index (χ1v) is 11.6. The van der Waals surface area contributed by atoms with Crippen LogP contribution in [0.2, 0.25) is 0 Å². The number of hydrogen-bond acceptors (Lipinski definition) is 4. The zero-order chi connectivity index (χ0) is 21.6. The van der Waals surface area contributed by atoms with E-state index in [1.807, 2.05) is 47.8 Å².